The van der Waals surface area contributed by atoms with E-state index in [0.29, 0.717) is 10.9 Å². The van der Waals surface area contributed by atoms with E-state index >= 15 is 0 Å². The van der Waals surface area contributed by atoms with E-state index in [-0.39, 0.29) is 6.04 Å². The van der Waals surface area contributed by atoms with Crippen LogP contribution >= 0.6 is 0 Å². The average Bonchev–Trinajstić information content (AvgIpc) is 2.92. The third kappa shape index (κ3) is 4.29. The van der Waals surface area contributed by atoms with Gasteiger partial charge in [-0.1, -0.05) is 12.1 Å². The van der Waals surface area contributed by atoms with Crippen molar-refractivity contribution in [2.24, 2.45) is 0 Å². The first-order chi connectivity index (χ1) is 10.4. The molecule has 1 aromatic carbocycles. The lowest BCUT2D eigenvalue weighted by Gasteiger charge is -2.21. The summed E-state index contributed by atoms with van der Waals surface area (Å²) in [5, 5.41) is 3.50. The van der Waals surface area contributed by atoms with Gasteiger partial charge in [-0.2, -0.15) is 0 Å². The topological polar surface area (TPSA) is 61.4 Å². The van der Waals surface area contributed by atoms with Crippen molar-refractivity contribution >= 4 is 10.0 Å². The Balaban J connectivity index is 1.92. The van der Waals surface area contributed by atoms with Crippen LogP contribution in [0.25, 0.3) is 0 Å². The van der Waals surface area contributed by atoms with Crippen molar-refractivity contribution in [1.29, 1.82) is 0 Å². The second-order valence-corrected chi connectivity index (χ2v) is 7.91. The van der Waals surface area contributed by atoms with Gasteiger partial charge < -0.3 is 10.2 Å². The molecule has 1 fully saturated rings. The minimum atomic E-state index is -3.38. The van der Waals surface area contributed by atoms with Gasteiger partial charge in [0.05, 0.1) is 4.90 Å². The molecule has 0 spiro atoms. The molecule has 22 heavy (non-hydrogen) atoms. The highest BCUT2D eigenvalue weighted by molar-refractivity contribution is 7.89. The highest BCUT2D eigenvalue weighted by Gasteiger charge is 2.20. The molecule has 0 radical (unpaired) electrons. The van der Waals surface area contributed by atoms with Crippen LogP contribution in [0, 0.1) is 0 Å². The number of rotatable bonds is 7. The molecule has 0 saturated carbocycles. The van der Waals surface area contributed by atoms with Crippen molar-refractivity contribution in [3.8, 4) is 0 Å². The van der Waals surface area contributed by atoms with Crippen LogP contribution in [-0.2, 0) is 10.0 Å². The van der Waals surface area contributed by atoms with E-state index in [0.717, 1.165) is 18.5 Å². The van der Waals surface area contributed by atoms with Gasteiger partial charge in [0.25, 0.3) is 0 Å². The van der Waals surface area contributed by atoms with Gasteiger partial charge in [0.1, 0.15) is 0 Å². The number of hydrogen-bond donors (Lipinski definition) is 2. The first-order valence-corrected chi connectivity index (χ1v) is 9.39. The van der Waals surface area contributed by atoms with Crippen LogP contribution in [-0.4, -0.2) is 46.5 Å². The Morgan fingerprint density at radius 3 is 2.82 bits per heavy atom. The molecule has 0 unspecified atom stereocenters. The smallest absolute Gasteiger partial charge is 0.240 e. The Hall–Kier alpha value is -0.950. The van der Waals surface area contributed by atoms with Crippen LogP contribution in [0.2, 0.25) is 0 Å². The molecule has 0 amide bonds. The summed E-state index contributed by atoms with van der Waals surface area (Å²) in [6.45, 7) is 4.22. The third-order valence-corrected chi connectivity index (χ3v) is 5.95. The summed E-state index contributed by atoms with van der Waals surface area (Å²) in [5.74, 6) is 0. The van der Waals surface area contributed by atoms with Crippen molar-refractivity contribution in [3.63, 3.8) is 0 Å². The first kappa shape index (κ1) is 17.4. The summed E-state index contributed by atoms with van der Waals surface area (Å²) < 4.78 is 26.1. The van der Waals surface area contributed by atoms with Crippen LogP contribution in [0.1, 0.15) is 37.8 Å². The van der Waals surface area contributed by atoms with Crippen LogP contribution in [0.15, 0.2) is 29.2 Å². The number of hydrogen-bond acceptors (Lipinski definition) is 4. The Bertz CT molecular complexity index is 589. The summed E-state index contributed by atoms with van der Waals surface area (Å²) >= 11 is 0. The molecule has 2 atom stereocenters. The van der Waals surface area contributed by atoms with Crippen LogP contribution in [0.3, 0.4) is 0 Å². The van der Waals surface area contributed by atoms with Crippen LogP contribution in [0.5, 0.6) is 0 Å². The van der Waals surface area contributed by atoms with E-state index < -0.39 is 10.0 Å². The van der Waals surface area contributed by atoms with E-state index in [1.807, 2.05) is 6.07 Å². The second-order valence-electron chi connectivity index (χ2n) is 6.02. The molecule has 2 rings (SSSR count). The molecule has 5 nitrogen and oxygen atoms in total. The lowest BCUT2D eigenvalue weighted by Crippen LogP contribution is -2.30. The number of likely N-dealkylation sites (tertiary alicyclic amines) is 1. The van der Waals surface area contributed by atoms with E-state index in [9.17, 15) is 8.42 Å². The molecule has 1 saturated heterocycles. The molecule has 1 aliphatic rings. The molecular weight excluding hydrogens is 298 g/mol. The molecule has 0 bridgehead atoms. The fourth-order valence-corrected chi connectivity index (χ4v) is 3.78. The van der Waals surface area contributed by atoms with Crippen molar-refractivity contribution in [3.05, 3.63) is 29.8 Å². The Morgan fingerprint density at radius 1 is 1.41 bits per heavy atom. The molecule has 1 aromatic rings. The predicted molar refractivity (Wildman–Crippen MR) is 89.4 cm³/mol. The minimum Gasteiger partial charge on any atom is -0.310 e. The largest absolute Gasteiger partial charge is 0.310 e. The van der Waals surface area contributed by atoms with E-state index in [1.165, 1.54) is 26.4 Å². The van der Waals surface area contributed by atoms with Gasteiger partial charge in [-0.05, 0) is 71.1 Å². The van der Waals surface area contributed by atoms with Gasteiger partial charge in [0.15, 0.2) is 0 Å². The zero-order valence-corrected chi connectivity index (χ0v) is 14.5. The molecule has 1 heterocycles. The lowest BCUT2D eigenvalue weighted by molar-refractivity contribution is 0.291. The van der Waals surface area contributed by atoms with E-state index in [2.05, 4.69) is 28.9 Å². The molecule has 1 aliphatic heterocycles. The normalized spacial score (nSPS) is 21.1. The van der Waals surface area contributed by atoms with Gasteiger partial charge in [-0.3, -0.25) is 0 Å². The summed E-state index contributed by atoms with van der Waals surface area (Å²) in [6.07, 6.45) is 3.71. The lowest BCUT2D eigenvalue weighted by atomic mass is 10.1. The maximum Gasteiger partial charge on any atom is 0.240 e. The zero-order valence-electron chi connectivity index (χ0n) is 13.7. The summed E-state index contributed by atoms with van der Waals surface area (Å²) in [6, 6.07) is 7.94. The maximum atomic E-state index is 11.9. The summed E-state index contributed by atoms with van der Waals surface area (Å²) in [7, 11) is 0.240. The first-order valence-electron chi connectivity index (χ1n) is 7.91. The minimum absolute atomic E-state index is 0.138. The maximum absolute atomic E-state index is 11.9. The standard InChI is InChI=1S/C16H27N3O2S/c1-13(18-10-9-15-7-5-11-19(15)3)14-6-4-8-16(12-14)22(20,21)17-2/h4,6,8,12-13,15,17-18H,5,7,9-11H2,1-3H3/t13-,15+/m1/s1. The van der Waals surface area contributed by atoms with E-state index in [1.54, 1.807) is 18.2 Å². The third-order valence-electron chi connectivity index (χ3n) is 4.54. The molecular formula is C16H27N3O2S. The number of benzene rings is 1. The summed E-state index contributed by atoms with van der Waals surface area (Å²) in [5.41, 5.74) is 0.996. The highest BCUT2D eigenvalue weighted by Crippen LogP contribution is 2.19. The van der Waals surface area contributed by atoms with Gasteiger partial charge in [-0.25, -0.2) is 13.1 Å². The van der Waals surface area contributed by atoms with Crippen LogP contribution in [0.4, 0.5) is 0 Å². The van der Waals surface area contributed by atoms with Gasteiger partial charge >= 0.3 is 0 Å². The number of sulfonamides is 1. The molecule has 0 aromatic heterocycles. The average molecular weight is 325 g/mol. The zero-order chi connectivity index (χ0) is 16.2. The fourth-order valence-electron chi connectivity index (χ4n) is 3.00. The predicted octanol–water partition coefficient (Wildman–Crippen LogP) is 1.73. The molecule has 124 valence electrons. The molecule has 2 N–H and O–H groups in total. The monoisotopic (exact) mass is 325 g/mol. The van der Waals surface area contributed by atoms with Crippen molar-refractivity contribution in [2.45, 2.75) is 43.2 Å². The van der Waals surface area contributed by atoms with Crippen LogP contribution < -0.4 is 10.0 Å². The Kier molecular flexibility index (Phi) is 5.97. The number of nitrogens with zero attached hydrogens (tertiary/aromatic N) is 1. The van der Waals surface area contributed by atoms with Crippen molar-refractivity contribution in [1.82, 2.24) is 14.9 Å². The Labute approximate surface area is 134 Å². The summed E-state index contributed by atoms with van der Waals surface area (Å²) in [4.78, 5) is 2.74. The quantitative estimate of drug-likeness (QED) is 0.801. The SMILES string of the molecule is CNS(=O)(=O)c1cccc([C@@H](C)NCC[C@@H]2CCCN2C)c1. The van der Waals surface area contributed by atoms with Gasteiger partial charge in [-0.15, -0.1) is 0 Å². The highest BCUT2D eigenvalue weighted by atomic mass is 32.2. The van der Waals surface area contributed by atoms with Gasteiger partial charge in [0.2, 0.25) is 10.0 Å². The van der Waals surface area contributed by atoms with Crippen molar-refractivity contribution in [2.75, 3.05) is 27.2 Å². The fraction of sp³-hybridized carbons (Fsp3) is 0.625. The number of nitrogens with one attached hydrogen (secondary N) is 2. The molecule has 0 aliphatic carbocycles. The molecule has 6 heteroatoms. The Morgan fingerprint density at radius 2 is 2.18 bits per heavy atom. The van der Waals surface area contributed by atoms with Gasteiger partial charge in [0, 0.05) is 12.1 Å². The van der Waals surface area contributed by atoms with E-state index in [4.69, 9.17) is 0 Å². The van der Waals surface area contributed by atoms with Crippen molar-refractivity contribution < 1.29 is 8.42 Å². The second kappa shape index (κ2) is 7.55.